The molecule has 4 rings (SSSR count). The number of Topliss-reactive ketones (excluding diaryl/α,β-unsaturated/α-hetero) is 1. The molecule has 0 amide bonds. The van der Waals surface area contributed by atoms with Crippen molar-refractivity contribution in [3.8, 4) is 11.5 Å². The van der Waals surface area contributed by atoms with Crippen LogP contribution in [0.4, 0.5) is 5.69 Å². The molecule has 6 nitrogen and oxygen atoms in total. The number of phenols is 2. The van der Waals surface area contributed by atoms with Crippen molar-refractivity contribution in [2.45, 2.75) is 25.8 Å². The Labute approximate surface area is 179 Å². The lowest BCUT2D eigenvalue weighted by molar-refractivity contribution is -0.119. The lowest BCUT2D eigenvalue weighted by Crippen LogP contribution is -2.33. The zero-order valence-electron chi connectivity index (χ0n) is 16.9. The molecule has 0 saturated carbocycles. The molecule has 3 aromatic carbocycles. The summed E-state index contributed by atoms with van der Waals surface area (Å²) in [5, 5.41) is 23.0. The maximum absolute atomic E-state index is 13.2. The number of carbonyl (C=O) groups excluding carboxylic acids is 3. The van der Waals surface area contributed by atoms with Crippen LogP contribution in [0, 0.1) is 0 Å². The highest BCUT2D eigenvalue weighted by molar-refractivity contribution is 6.31. The largest absolute Gasteiger partial charge is 0.508 e. The first-order valence-corrected chi connectivity index (χ1v) is 10.0. The van der Waals surface area contributed by atoms with Gasteiger partial charge in [-0.05, 0) is 36.2 Å². The number of rotatable bonds is 6. The Kier molecular flexibility index (Phi) is 5.29. The fourth-order valence-corrected chi connectivity index (χ4v) is 3.87. The van der Waals surface area contributed by atoms with Crippen molar-refractivity contribution in [3.05, 3.63) is 88.5 Å². The van der Waals surface area contributed by atoms with Gasteiger partial charge >= 0.3 is 0 Å². The minimum absolute atomic E-state index is 0.0546. The molecule has 0 heterocycles. The first-order chi connectivity index (χ1) is 14.9. The third-order valence-corrected chi connectivity index (χ3v) is 5.50. The van der Waals surface area contributed by atoms with Gasteiger partial charge in [0.2, 0.25) is 0 Å². The van der Waals surface area contributed by atoms with E-state index in [-0.39, 0.29) is 51.7 Å². The molecular weight excluding hydrogens is 394 g/mol. The van der Waals surface area contributed by atoms with Crippen molar-refractivity contribution >= 4 is 23.0 Å². The Morgan fingerprint density at radius 1 is 0.871 bits per heavy atom. The van der Waals surface area contributed by atoms with Crippen LogP contribution in [0.2, 0.25) is 0 Å². The summed E-state index contributed by atoms with van der Waals surface area (Å²) in [5.74, 6) is -1.01. The van der Waals surface area contributed by atoms with E-state index in [4.69, 9.17) is 0 Å². The molecule has 0 aromatic heterocycles. The van der Waals surface area contributed by atoms with Crippen LogP contribution in [0.3, 0.4) is 0 Å². The molecule has 3 aromatic rings. The van der Waals surface area contributed by atoms with Crippen molar-refractivity contribution < 1.29 is 24.6 Å². The molecule has 31 heavy (non-hydrogen) atoms. The number of phenolic OH excluding ortho intramolecular Hbond substituents is 2. The summed E-state index contributed by atoms with van der Waals surface area (Å²) in [4.78, 5) is 38.9. The summed E-state index contributed by atoms with van der Waals surface area (Å²) in [6.45, 7) is 1.76. The molecule has 156 valence electrons. The molecule has 0 radical (unpaired) electrons. The summed E-state index contributed by atoms with van der Waals surface area (Å²) in [7, 11) is 0. The van der Waals surface area contributed by atoms with Crippen LogP contribution in [0.5, 0.6) is 11.5 Å². The predicted molar refractivity (Wildman–Crippen MR) is 116 cm³/mol. The van der Waals surface area contributed by atoms with Crippen LogP contribution in [-0.2, 0) is 11.2 Å². The average molecular weight is 415 g/mol. The average Bonchev–Trinajstić information content (AvgIpc) is 2.78. The zero-order chi connectivity index (χ0) is 22.1. The number of nitrogens with one attached hydrogen (secondary N) is 1. The molecule has 6 heteroatoms. The Morgan fingerprint density at radius 3 is 2.10 bits per heavy atom. The summed E-state index contributed by atoms with van der Waals surface area (Å²) in [6, 6.07) is 15.3. The molecule has 1 atom stereocenters. The summed E-state index contributed by atoms with van der Waals surface area (Å²) >= 11 is 0. The molecule has 1 aliphatic carbocycles. The quantitative estimate of drug-likeness (QED) is 0.413. The van der Waals surface area contributed by atoms with Crippen LogP contribution in [0.1, 0.15) is 50.8 Å². The maximum Gasteiger partial charge on any atom is 0.198 e. The number of carbonyl (C=O) groups is 3. The highest BCUT2D eigenvalue weighted by Crippen LogP contribution is 2.37. The van der Waals surface area contributed by atoms with E-state index in [1.807, 2.05) is 0 Å². The zero-order valence-corrected chi connectivity index (χ0v) is 16.9. The second-order valence-corrected chi connectivity index (χ2v) is 7.47. The maximum atomic E-state index is 13.2. The predicted octanol–water partition coefficient (Wildman–Crippen LogP) is 3.88. The molecule has 0 bridgehead atoms. The van der Waals surface area contributed by atoms with Crippen LogP contribution in [0.25, 0.3) is 0 Å². The second kappa shape index (κ2) is 8.07. The third kappa shape index (κ3) is 3.68. The van der Waals surface area contributed by atoms with Gasteiger partial charge < -0.3 is 15.5 Å². The fraction of sp³-hybridized carbons (Fsp3) is 0.160. The standard InChI is InChI=1S/C25H21NO5/c1-2-20(28)19(13-14-7-9-15(27)10-8-14)26-18-11-12-21(29)23-22(18)24(30)16-5-3-4-6-17(16)25(23)31/h3-12,19,26-27,29H,2,13H2,1H3/t19-/m0/s1. The molecule has 0 aliphatic heterocycles. The molecule has 1 aliphatic rings. The molecule has 0 spiro atoms. The molecule has 0 fully saturated rings. The Bertz CT molecular complexity index is 1200. The van der Waals surface area contributed by atoms with E-state index in [2.05, 4.69) is 5.32 Å². The minimum atomic E-state index is -0.650. The van der Waals surface area contributed by atoms with E-state index in [0.29, 0.717) is 12.1 Å². The van der Waals surface area contributed by atoms with Gasteiger partial charge in [0, 0.05) is 23.2 Å². The van der Waals surface area contributed by atoms with E-state index < -0.39 is 11.8 Å². The van der Waals surface area contributed by atoms with Gasteiger partial charge in [0.15, 0.2) is 17.3 Å². The van der Waals surface area contributed by atoms with Crippen molar-refractivity contribution in [1.82, 2.24) is 0 Å². The van der Waals surface area contributed by atoms with Gasteiger partial charge in [-0.3, -0.25) is 14.4 Å². The van der Waals surface area contributed by atoms with Gasteiger partial charge in [-0.25, -0.2) is 0 Å². The number of aromatic hydroxyl groups is 2. The highest BCUT2D eigenvalue weighted by atomic mass is 16.3. The van der Waals surface area contributed by atoms with Gasteiger partial charge in [0.1, 0.15) is 11.5 Å². The van der Waals surface area contributed by atoms with Gasteiger partial charge in [-0.1, -0.05) is 43.3 Å². The van der Waals surface area contributed by atoms with Crippen molar-refractivity contribution in [3.63, 3.8) is 0 Å². The first-order valence-electron chi connectivity index (χ1n) is 10.0. The smallest absolute Gasteiger partial charge is 0.198 e. The van der Waals surface area contributed by atoms with Gasteiger partial charge in [0.25, 0.3) is 0 Å². The topological polar surface area (TPSA) is 104 Å². The van der Waals surface area contributed by atoms with Crippen LogP contribution >= 0.6 is 0 Å². The molecular formula is C25H21NO5. The number of benzene rings is 3. The van der Waals surface area contributed by atoms with Crippen molar-refractivity contribution in [2.24, 2.45) is 0 Å². The van der Waals surface area contributed by atoms with E-state index >= 15 is 0 Å². The van der Waals surface area contributed by atoms with Gasteiger partial charge in [0.05, 0.1) is 17.2 Å². The second-order valence-electron chi connectivity index (χ2n) is 7.47. The van der Waals surface area contributed by atoms with Crippen LogP contribution < -0.4 is 5.32 Å². The summed E-state index contributed by atoms with van der Waals surface area (Å²) in [6.07, 6.45) is 0.618. The van der Waals surface area contributed by atoms with Crippen molar-refractivity contribution in [2.75, 3.05) is 5.32 Å². The number of ketones is 3. The molecule has 3 N–H and O–H groups in total. The number of hydrogen-bond acceptors (Lipinski definition) is 6. The van der Waals surface area contributed by atoms with E-state index in [1.54, 1.807) is 55.5 Å². The highest BCUT2D eigenvalue weighted by Gasteiger charge is 2.34. The van der Waals surface area contributed by atoms with Crippen LogP contribution in [-0.4, -0.2) is 33.6 Å². The summed E-state index contributed by atoms with van der Waals surface area (Å²) in [5.41, 5.74) is 1.69. The SMILES string of the molecule is CCC(=O)[C@H](Cc1ccc(O)cc1)Nc1ccc(O)c2c1C(=O)c1ccccc1C2=O. The molecule has 0 saturated heterocycles. The minimum Gasteiger partial charge on any atom is -0.508 e. The molecule has 0 unspecified atom stereocenters. The van der Waals surface area contributed by atoms with E-state index in [0.717, 1.165) is 5.56 Å². The lowest BCUT2D eigenvalue weighted by Gasteiger charge is -2.24. The lowest BCUT2D eigenvalue weighted by atomic mass is 9.82. The normalized spacial score (nSPS) is 13.3. The fourth-order valence-electron chi connectivity index (χ4n) is 3.87. The van der Waals surface area contributed by atoms with E-state index in [9.17, 15) is 24.6 Å². The number of hydrogen-bond donors (Lipinski definition) is 3. The Morgan fingerprint density at radius 2 is 1.48 bits per heavy atom. The van der Waals surface area contributed by atoms with Crippen molar-refractivity contribution in [1.29, 1.82) is 0 Å². The number of fused-ring (bicyclic) bond motifs is 2. The van der Waals surface area contributed by atoms with Crippen LogP contribution in [0.15, 0.2) is 60.7 Å². The third-order valence-electron chi connectivity index (χ3n) is 5.50. The Hall–Kier alpha value is -3.93. The number of anilines is 1. The summed E-state index contributed by atoms with van der Waals surface area (Å²) < 4.78 is 0. The van der Waals surface area contributed by atoms with E-state index in [1.165, 1.54) is 12.1 Å². The Balaban J connectivity index is 1.75. The first kappa shape index (κ1) is 20.3. The van der Waals surface area contributed by atoms with Gasteiger partial charge in [-0.2, -0.15) is 0 Å². The monoisotopic (exact) mass is 415 g/mol. The van der Waals surface area contributed by atoms with Gasteiger partial charge in [-0.15, -0.1) is 0 Å².